The van der Waals surface area contributed by atoms with Crippen molar-refractivity contribution in [3.8, 4) is 5.75 Å². The lowest BCUT2D eigenvalue weighted by molar-refractivity contribution is -0.143. The van der Waals surface area contributed by atoms with E-state index < -0.39 is 6.04 Å². The number of carbonyl (C=O) groups excluding carboxylic acids is 2. The van der Waals surface area contributed by atoms with Crippen molar-refractivity contribution in [1.82, 2.24) is 10.2 Å². The van der Waals surface area contributed by atoms with Gasteiger partial charge in [0.15, 0.2) is 6.61 Å². The second-order valence-electron chi connectivity index (χ2n) is 7.32. The monoisotopic (exact) mass is 430 g/mol. The lowest BCUT2D eigenvalue weighted by atomic mass is 10.1. The Morgan fingerprint density at radius 2 is 1.73 bits per heavy atom. The SMILES string of the molecule is CCCCNC(=O)C(CC)N(Cc1ccc(C)cc1)C(=O)COc1ccc(Cl)cc1. The molecule has 0 aliphatic rings. The van der Waals surface area contributed by atoms with Crippen LogP contribution in [0.2, 0.25) is 5.02 Å². The van der Waals surface area contributed by atoms with Crippen LogP contribution in [0.15, 0.2) is 48.5 Å². The van der Waals surface area contributed by atoms with Crippen LogP contribution in [-0.4, -0.2) is 35.9 Å². The Bertz CT molecular complexity index is 806. The van der Waals surface area contributed by atoms with E-state index >= 15 is 0 Å². The fourth-order valence-electron chi connectivity index (χ4n) is 3.07. The molecule has 1 atom stereocenters. The molecule has 1 N–H and O–H groups in total. The highest BCUT2D eigenvalue weighted by Crippen LogP contribution is 2.17. The number of benzene rings is 2. The van der Waals surface area contributed by atoms with E-state index in [2.05, 4.69) is 12.2 Å². The van der Waals surface area contributed by atoms with Crippen LogP contribution >= 0.6 is 11.6 Å². The van der Waals surface area contributed by atoms with E-state index in [4.69, 9.17) is 16.3 Å². The number of nitrogens with zero attached hydrogens (tertiary/aromatic N) is 1. The van der Waals surface area contributed by atoms with Gasteiger partial charge >= 0.3 is 0 Å². The molecule has 30 heavy (non-hydrogen) atoms. The molecule has 0 heterocycles. The molecule has 162 valence electrons. The maximum Gasteiger partial charge on any atom is 0.261 e. The maximum absolute atomic E-state index is 13.1. The highest BCUT2D eigenvalue weighted by Gasteiger charge is 2.28. The summed E-state index contributed by atoms with van der Waals surface area (Å²) in [5.74, 6) is 0.199. The summed E-state index contributed by atoms with van der Waals surface area (Å²) in [5, 5.41) is 3.56. The topological polar surface area (TPSA) is 58.6 Å². The predicted octanol–water partition coefficient (Wildman–Crippen LogP) is 4.75. The highest BCUT2D eigenvalue weighted by molar-refractivity contribution is 6.30. The maximum atomic E-state index is 13.1. The van der Waals surface area contributed by atoms with E-state index in [1.165, 1.54) is 0 Å². The van der Waals surface area contributed by atoms with Gasteiger partial charge in [-0.05, 0) is 49.6 Å². The van der Waals surface area contributed by atoms with Crippen molar-refractivity contribution in [1.29, 1.82) is 0 Å². The second-order valence-corrected chi connectivity index (χ2v) is 7.75. The quantitative estimate of drug-likeness (QED) is 0.523. The van der Waals surface area contributed by atoms with Crippen molar-refractivity contribution in [2.45, 2.75) is 52.6 Å². The molecule has 0 bridgehead atoms. The van der Waals surface area contributed by atoms with E-state index in [1.54, 1.807) is 29.2 Å². The van der Waals surface area contributed by atoms with Crippen LogP contribution in [0.4, 0.5) is 0 Å². The van der Waals surface area contributed by atoms with Gasteiger partial charge in [-0.25, -0.2) is 0 Å². The van der Waals surface area contributed by atoms with Gasteiger partial charge in [0.05, 0.1) is 0 Å². The first-order chi connectivity index (χ1) is 14.4. The number of unbranched alkanes of at least 4 members (excludes halogenated alkanes) is 1. The first-order valence-electron chi connectivity index (χ1n) is 10.5. The first kappa shape index (κ1) is 23.7. The number of nitrogens with one attached hydrogen (secondary N) is 1. The van der Waals surface area contributed by atoms with Gasteiger partial charge in [0.25, 0.3) is 5.91 Å². The van der Waals surface area contributed by atoms with Gasteiger partial charge in [-0.2, -0.15) is 0 Å². The fourth-order valence-corrected chi connectivity index (χ4v) is 3.20. The zero-order valence-corrected chi connectivity index (χ0v) is 18.7. The standard InChI is InChI=1S/C24H31ClN2O3/c1-4-6-15-26-24(29)22(5-2)27(16-19-9-7-18(3)8-10-19)23(28)17-30-21-13-11-20(25)12-14-21/h7-14,22H,4-6,15-17H2,1-3H3,(H,26,29). The third-order valence-corrected chi connectivity index (χ3v) is 5.12. The number of aryl methyl sites for hydroxylation is 1. The molecule has 0 aliphatic heterocycles. The summed E-state index contributed by atoms with van der Waals surface area (Å²) >= 11 is 5.90. The Morgan fingerprint density at radius 3 is 2.33 bits per heavy atom. The number of rotatable bonds is 11. The zero-order chi connectivity index (χ0) is 21.9. The molecule has 5 nitrogen and oxygen atoms in total. The van der Waals surface area contributed by atoms with Crippen LogP contribution in [0.1, 0.15) is 44.2 Å². The van der Waals surface area contributed by atoms with Crippen molar-refractivity contribution in [3.05, 3.63) is 64.7 Å². The van der Waals surface area contributed by atoms with Gasteiger partial charge in [0, 0.05) is 18.1 Å². The average molecular weight is 431 g/mol. The molecule has 2 rings (SSSR count). The molecule has 2 aromatic carbocycles. The van der Waals surface area contributed by atoms with Crippen LogP contribution in [0.3, 0.4) is 0 Å². The first-order valence-corrected chi connectivity index (χ1v) is 10.8. The van der Waals surface area contributed by atoms with Crippen molar-refractivity contribution in [2.24, 2.45) is 0 Å². The lowest BCUT2D eigenvalue weighted by Crippen LogP contribution is -2.50. The Hall–Kier alpha value is -2.53. The Balaban J connectivity index is 2.15. The smallest absolute Gasteiger partial charge is 0.261 e. The van der Waals surface area contributed by atoms with Gasteiger partial charge in [0.2, 0.25) is 5.91 Å². The van der Waals surface area contributed by atoms with Crippen LogP contribution in [-0.2, 0) is 16.1 Å². The summed E-state index contributed by atoms with van der Waals surface area (Å²) in [4.78, 5) is 27.5. The lowest BCUT2D eigenvalue weighted by Gasteiger charge is -2.30. The molecule has 2 amide bonds. The van der Waals surface area contributed by atoms with Gasteiger partial charge in [-0.3, -0.25) is 9.59 Å². The Morgan fingerprint density at radius 1 is 1.07 bits per heavy atom. The number of ether oxygens (including phenoxy) is 1. The van der Waals surface area contributed by atoms with Gasteiger partial charge < -0.3 is 15.0 Å². The van der Waals surface area contributed by atoms with E-state index in [1.807, 2.05) is 38.1 Å². The van der Waals surface area contributed by atoms with Crippen molar-refractivity contribution in [2.75, 3.05) is 13.2 Å². The Kier molecular flexibility index (Phi) is 9.68. The van der Waals surface area contributed by atoms with Crippen LogP contribution in [0.5, 0.6) is 5.75 Å². The predicted molar refractivity (Wildman–Crippen MR) is 121 cm³/mol. The molecule has 1 unspecified atom stereocenters. The molecule has 0 aliphatic carbocycles. The molecule has 6 heteroatoms. The van der Waals surface area contributed by atoms with E-state index in [0.29, 0.717) is 30.3 Å². The van der Waals surface area contributed by atoms with E-state index in [-0.39, 0.29) is 18.4 Å². The van der Waals surface area contributed by atoms with Crippen LogP contribution in [0, 0.1) is 6.92 Å². The minimum Gasteiger partial charge on any atom is -0.484 e. The summed E-state index contributed by atoms with van der Waals surface area (Å²) in [6.07, 6.45) is 2.43. The van der Waals surface area contributed by atoms with Gasteiger partial charge in [-0.1, -0.05) is 61.7 Å². The molecule has 0 spiro atoms. The number of hydrogen-bond acceptors (Lipinski definition) is 3. The van der Waals surface area contributed by atoms with Crippen LogP contribution < -0.4 is 10.1 Å². The van der Waals surface area contributed by atoms with E-state index in [0.717, 1.165) is 24.0 Å². The number of amides is 2. The van der Waals surface area contributed by atoms with Gasteiger partial charge in [0.1, 0.15) is 11.8 Å². The third kappa shape index (κ3) is 7.38. The zero-order valence-electron chi connectivity index (χ0n) is 18.0. The normalized spacial score (nSPS) is 11.6. The highest BCUT2D eigenvalue weighted by atomic mass is 35.5. The number of halogens is 1. The summed E-state index contributed by atoms with van der Waals surface area (Å²) in [5.41, 5.74) is 2.12. The third-order valence-electron chi connectivity index (χ3n) is 4.86. The fraction of sp³-hybridized carbons (Fsp3) is 0.417. The van der Waals surface area contributed by atoms with Crippen molar-refractivity contribution in [3.63, 3.8) is 0 Å². The Labute approximate surface area is 184 Å². The summed E-state index contributed by atoms with van der Waals surface area (Å²) in [7, 11) is 0. The molecule has 0 radical (unpaired) electrons. The molecule has 0 saturated heterocycles. The van der Waals surface area contributed by atoms with Crippen molar-refractivity contribution < 1.29 is 14.3 Å². The average Bonchev–Trinajstić information content (AvgIpc) is 2.74. The van der Waals surface area contributed by atoms with Gasteiger partial charge in [-0.15, -0.1) is 0 Å². The molecular weight excluding hydrogens is 400 g/mol. The number of hydrogen-bond donors (Lipinski definition) is 1. The minimum absolute atomic E-state index is 0.127. The molecular formula is C24H31ClN2O3. The molecule has 0 saturated carbocycles. The minimum atomic E-state index is -0.551. The molecule has 2 aromatic rings. The van der Waals surface area contributed by atoms with Crippen molar-refractivity contribution >= 4 is 23.4 Å². The molecule has 0 aromatic heterocycles. The molecule has 0 fully saturated rings. The number of carbonyl (C=O) groups is 2. The largest absolute Gasteiger partial charge is 0.484 e. The second kappa shape index (κ2) is 12.2. The summed E-state index contributed by atoms with van der Waals surface area (Å²) in [6, 6.07) is 14.3. The van der Waals surface area contributed by atoms with E-state index in [9.17, 15) is 9.59 Å². The van der Waals surface area contributed by atoms with Crippen LogP contribution in [0.25, 0.3) is 0 Å². The summed E-state index contributed by atoms with van der Waals surface area (Å²) < 4.78 is 5.65. The summed E-state index contributed by atoms with van der Waals surface area (Å²) in [6.45, 7) is 6.82.